The molecule has 1 saturated carbocycles. The molecule has 1 aliphatic carbocycles. The van der Waals surface area contributed by atoms with E-state index in [1.165, 1.54) is 38.5 Å². The lowest BCUT2D eigenvalue weighted by Crippen LogP contribution is -2.48. The van der Waals surface area contributed by atoms with E-state index in [1.54, 1.807) is 6.04 Å². The summed E-state index contributed by atoms with van der Waals surface area (Å²) in [5.74, 6) is 0.947. The maximum absolute atomic E-state index is 3.91. The van der Waals surface area contributed by atoms with Crippen LogP contribution in [-0.2, 0) is 0 Å². The molecule has 2 atom stereocenters. The Hall–Kier alpha value is -0.560. The van der Waals surface area contributed by atoms with Crippen molar-refractivity contribution in [3.8, 4) is 0 Å². The third-order valence-electron chi connectivity index (χ3n) is 4.18. The average molecular weight is 218 g/mol. The molecule has 0 spiro atoms. The molecule has 1 aliphatic heterocycles. The van der Waals surface area contributed by atoms with Crippen LogP contribution in [0.1, 0.15) is 44.9 Å². The van der Waals surface area contributed by atoms with Crippen LogP contribution < -0.4 is 0 Å². The minimum Gasteiger partial charge on any atom is -0.289 e. The molecule has 1 nitrogen and oxygen atoms in total. The first-order valence-electron chi connectivity index (χ1n) is 6.70. The van der Waals surface area contributed by atoms with Gasteiger partial charge < -0.3 is 0 Å². The summed E-state index contributed by atoms with van der Waals surface area (Å²) >= 11 is 0. The van der Waals surface area contributed by atoms with Gasteiger partial charge in [-0.15, -0.1) is 13.2 Å². The molecule has 1 heterocycles. The van der Waals surface area contributed by atoms with Gasteiger partial charge in [-0.05, 0) is 38.0 Å². The number of nitrogens with zero attached hydrogens (tertiary/aromatic N) is 1. The van der Waals surface area contributed by atoms with Crippen LogP contribution in [0.2, 0.25) is 0 Å². The van der Waals surface area contributed by atoms with Crippen molar-refractivity contribution in [3.63, 3.8) is 0 Å². The molecule has 0 bridgehead atoms. The number of fused-ring (bicyclic) bond motifs is 1. The molecule has 89 valence electrons. The largest absolute Gasteiger partial charge is 0.289 e. The molecular formula is C15H24N. The van der Waals surface area contributed by atoms with E-state index in [2.05, 4.69) is 30.2 Å². The summed E-state index contributed by atoms with van der Waals surface area (Å²) in [4.78, 5) is 2.63. The normalized spacial score (nSPS) is 32.0. The van der Waals surface area contributed by atoms with E-state index in [1.807, 2.05) is 0 Å². The maximum Gasteiger partial charge on any atom is 0.0437 e. The third kappa shape index (κ3) is 2.40. The summed E-state index contributed by atoms with van der Waals surface area (Å²) in [5, 5.41) is 0. The summed E-state index contributed by atoms with van der Waals surface area (Å²) in [6.45, 7) is 8.82. The van der Waals surface area contributed by atoms with Crippen molar-refractivity contribution in [1.29, 1.82) is 0 Å². The van der Waals surface area contributed by atoms with Gasteiger partial charge in [0.25, 0.3) is 0 Å². The summed E-state index contributed by atoms with van der Waals surface area (Å²) in [5.41, 5.74) is 0. The number of hydrogen-bond acceptors (Lipinski definition) is 1. The van der Waals surface area contributed by atoms with Crippen LogP contribution in [0.25, 0.3) is 0 Å². The van der Waals surface area contributed by atoms with E-state index in [-0.39, 0.29) is 0 Å². The first kappa shape index (κ1) is 11.9. The average Bonchev–Trinajstić information content (AvgIpc) is 2.32. The quantitative estimate of drug-likeness (QED) is 0.646. The van der Waals surface area contributed by atoms with Gasteiger partial charge in [-0.3, -0.25) is 4.90 Å². The van der Waals surface area contributed by atoms with Crippen molar-refractivity contribution in [1.82, 2.24) is 4.90 Å². The number of likely N-dealkylation sites (tertiary alicyclic amines) is 1. The van der Waals surface area contributed by atoms with Crippen LogP contribution in [0, 0.1) is 12.0 Å². The number of piperidine rings is 1. The molecule has 16 heavy (non-hydrogen) atoms. The van der Waals surface area contributed by atoms with Gasteiger partial charge >= 0.3 is 0 Å². The Bertz CT molecular complexity index is 246. The summed E-state index contributed by atoms with van der Waals surface area (Å²) < 4.78 is 0. The molecule has 2 aliphatic rings. The highest BCUT2D eigenvalue weighted by molar-refractivity contribution is 5.05. The van der Waals surface area contributed by atoms with Crippen molar-refractivity contribution >= 4 is 0 Å². The van der Waals surface area contributed by atoms with E-state index in [4.69, 9.17) is 0 Å². The lowest BCUT2D eigenvalue weighted by atomic mass is 9.76. The predicted molar refractivity (Wildman–Crippen MR) is 69.9 cm³/mol. The van der Waals surface area contributed by atoms with Crippen molar-refractivity contribution in [2.75, 3.05) is 6.54 Å². The molecule has 2 fully saturated rings. The Morgan fingerprint density at radius 2 is 1.94 bits per heavy atom. The molecule has 0 aromatic heterocycles. The van der Waals surface area contributed by atoms with E-state index in [0.29, 0.717) is 0 Å². The second-order valence-corrected chi connectivity index (χ2v) is 5.15. The van der Waals surface area contributed by atoms with Crippen molar-refractivity contribution < 1.29 is 0 Å². The molecule has 0 aromatic rings. The van der Waals surface area contributed by atoms with Gasteiger partial charge in [0.05, 0.1) is 0 Å². The topological polar surface area (TPSA) is 3.24 Å². The molecular weight excluding hydrogens is 194 g/mol. The lowest BCUT2D eigenvalue weighted by molar-refractivity contribution is 0.0728. The fourth-order valence-electron chi connectivity index (χ4n) is 3.45. The van der Waals surface area contributed by atoms with Crippen LogP contribution in [0.5, 0.6) is 0 Å². The smallest absolute Gasteiger partial charge is 0.0437 e. The van der Waals surface area contributed by atoms with E-state index in [0.717, 1.165) is 24.9 Å². The standard InChI is InChI=1S/C15H24N/c1-3-7-14-11-10-13-8-5-6-9-15(13)16(14)12-4-2/h3-4,13,15H,1-2,5-12H2. The first-order chi connectivity index (χ1) is 7.86. The molecule has 0 aromatic carbocycles. The van der Waals surface area contributed by atoms with Crippen LogP contribution >= 0.6 is 0 Å². The highest BCUT2D eigenvalue weighted by Gasteiger charge is 2.37. The van der Waals surface area contributed by atoms with E-state index < -0.39 is 0 Å². The highest BCUT2D eigenvalue weighted by atomic mass is 15.2. The second kappa shape index (κ2) is 5.67. The van der Waals surface area contributed by atoms with Crippen molar-refractivity contribution in [2.45, 2.75) is 51.0 Å². The number of rotatable bonds is 4. The van der Waals surface area contributed by atoms with Crippen LogP contribution in [0.4, 0.5) is 0 Å². The first-order valence-corrected chi connectivity index (χ1v) is 6.70. The Balaban J connectivity index is 2.06. The van der Waals surface area contributed by atoms with Crippen molar-refractivity contribution in [3.05, 3.63) is 31.4 Å². The monoisotopic (exact) mass is 218 g/mol. The molecule has 2 unspecified atom stereocenters. The zero-order valence-electron chi connectivity index (χ0n) is 10.3. The maximum atomic E-state index is 3.91. The third-order valence-corrected chi connectivity index (χ3v) is 4.18. The van der Waals surface area contributed by atoms with E-state index >= 15 is 0 Å². The summed E-state index contributed by atoms with van der Waals surface area (Å²) in [6, 6.07) is 2.40. The minimum absolute atomic E-state index is 0.801. The van der Waals surface area contributed by atoms with E-state index in [9.17, 15) is 0 Å². The number of hydrogen-bond donors (Lipinski definition) is 0. The van der Waals surface area contributed by atoms with Gasteiger partial charge in [0.2, 0.25) is 0 Å². The Kier molecular flexibility index (Phi) is 4.22. The van der Waals surface area contributed by atoms with Gasteiger partial charge in [-0.2, -0.15) is 0 Å². The zero-order valence-corrected chi connectivity index (χ0v) is 10.3. The van der Waals surface area contributed by atoms with Gasteiger partial charge in [0.1, 0.15) is 0 Å². The zero-order chi connectivity index (χ0) is 11.4. The fourth-order valence-corrected chi connectivity index (χ4v) is 3.45. The summed E-state index contributed by atoms with van der Waals surface area (Å²) in [7, 11) is 0. The van der Waals surface area contributed by atoms with Crippen LogP contribution in [0.15, 0.2) is 25.3 Å². The molecule has 1 saturated heterocycles. The molecule has 0 amide bonds. The second-order valence-electron chi connectivity index (χ2n) is 5.15. The fraction of sp³-hybridized carbons (Fsp3) is 0.667. The van der Waals surface area contributed by atoms with Gasteiger partial charge in [-0.1, -0.05) is 25.0 Å². The Labute approximate surface area is 100 Å². The predicted octanol–water partition coefficient (Wildman–Crippen LogP) is 3.94. The Morgan fingerprint density at radius 3 is 2.69 bits per heavy atom. The summed E-state index contributed by atoms with van der Waals surface area (Å²) in [6.07, 6.45) is 13.5. The van der Waals surface area contributed by atoms with Crippen molar-refractivity contribution in [2.24, 2.45) is 5.92 Å². The highest BCUT2D eigenvalue weighted by Crippen LogP contribution is 2.41. The van der Waals surface area contributed by atoms with Gasteiger partial charge in [0, 0.05) is 18.6 Å². The lowest BCUT2D eigenvalue weighted by Gasteiger charge is -2.47. The minimum atomic E-state index is 0.801. The Morgan fingerprint density at radius 1 is 1.12 bits per heavy atom. The molecule has 1 radical (unpaired) electrons. The van der Waals surface area contributed by atoms with Gasteiger partial charge in [0.15, 0.2) is 0 Å². The van der Waals surface area contributed by atoms with Gasteiger partial charge in [-0.25, -0.2) is 0 Å². The molecule has 2 rings (SSSR count). The van der Waals surface area contributed by atoms with Crippen LogP contribution in [-0.4, -0.2) is 17.5 Å². The molecule has 0 N–H and O–H groups in total. The molecule has 1 heteroatoms. The SMILES string of the molecule is C=CC[C]1CCC2CCCCC2N1CC=C. The van der Waals surface area contributed by atoms with Crippen LogP contribution in [0.3, 0.4) is 0 Å².